The first-order valence-electron chi connectivity index (χ1n) is 6.38. The van der Waals surface area contributed by atoms with E-state index in [2.05, 4.69) is 5.32 Å². The monoisotopic (exact) mass is 283 g/mol. The molecule has 1 rings (SSSR count). The number of carboxylic acids is 1. The summed E-state index contributed by atoms with van der Waals surface area (Å²) in [6, 6.07) is 4.01. The molecule has 1 amide bonds. The number of hydrogen-bond acceptors (Lipinski definition) is 3. The Bertz CT molecular complexity index is 476. The van der Waals surface area contributed by atoms with Crippen LogP contribution in [0.2, 0.25) is 0 Å². The maximum Gasteiger partial charge on any atom is 0.303 e. The number of aliphatic carboxylic acids is 1. The first-order chi connectivity index (χ1) is 9.54. The zero-order chi connectivity index (χ0) is 15.0. The topological polar surface area (TPSA) is 75.6 Å². The van der Waals surface area contributed by atoms with Crippen LogP contribution < -0.4 is 10.1 Å². The molecule has 0 fully saturated rings. The van der Waals surface area contributed by atoms with Crippen molar-refractivity contribution in [1.82, 2.24) is 5.32 Å². The predicted molar refractivity (Wildman–Crippen MR) is 71.4 cm³/mol. The van der Waals surface area contributed by atoms with Crippen molar-refractivity contribution in [3.8, 4) is 5.75 Å². The van der Waals surface area contributed by atoms with E-state index in [0.717, 1.165) is 12.5 Å². The summed E-state index contributed by atoms with van der Waals surface area (Å²) in [5, 5.41) is 11.1. The van der Waals surface area contributed by atoms with Crippen molar-refractivity contribution >= 4 is 11.9 Å². The number of rotatable bonds is 8. The molecule has 0 atom stereocenters. The van der Waals surface area contributed by atoms with Gasteiger partial charge >= 0.3 is 5.97 Å². The molecule has 0 aliphatic rings. The molecule has 1 aromatic carbocycles. The molecule has 2 N–H and O–H groups in total. The molecule has 1 aromatic rings. The molecule has 0 spiro atoms. The molecule has 0 radical (unpaired) electrons. The Morgan fingerprint density at radius 1 is 1.30 bits per heavy atom. The fraction of sp³-hybridized carbons (Fsp3) is 0.429. The van der Waals surface area contributed by atoms with Crippen molar-refractivity contribution in [2.45, 2.75) is 25.7 Å². The average Bonchev–Trinajstić information content (AvgIpc) is 2.42. The quantitative estimate of drug-likeness (QED) is 0.717. The van der Waals surface area contributed by atoms with E-state index in [-0.39, 0.29) is 23.6 Å². The number of carbonyl (C=O) groups is 2. The Kier molecular flexibility index (Phi) is 6.49. The van der Waals surface area contributed by atoms with Crippen LogP contribution in [0.25, 0.3) is 0 Å². The molecule has 0 unspecified atom stereocenters. The van der Waals surface area contributed by atoms with Crippen LogP contribution in [0.5, 0.6) is 5.75 Å². The molecule has 0 aromatic heterocycles. The van der Waals surface area contributed by atoms with E-state index >= 15 is 0 Å². The van der Waals surface area contributed by atoms with Crippen LogP contribution in [0.1, 0.15) is 36.0 Å². The predicted octanol–water partition coefficient (Wildman–Crippen LogP) is 2.21. The number of halogens is 1. The Hall–Kier alpha value is -2.11. The third-order valence-electron chi connectivity index (χ3n) is 2.77. The molecule has 0 aliphatic carbocycles. The van der Waals surface area contributed by atoms with Gasteiger partial charge in [-0.15, -0.1) is 0 Å². The third kappa shape index (κ3) is 5.26. The van der Waals surface area contributed by atoms with Crippen LogP contribution in [0.15, 0.2) is 18.2 Å². The van der Waals surface area contributed by atoms with Crippen molar-refractivity contribution in [1.29, 1.82) is 0 Å². The minimum Gasteiger partial charge on any atom is -0.494 e. The van der Waals surface area contributed by atoms with Crippen molar-refractivity contribution in [2.75, 3.05) is 13.7 Å². The van der Waals surface area contributed by atoms with Crippen LogP contribution in [-0.4, -0.2) is 30.6 Å². The van der Waals surface area contributed by atoms with E-state index in [9.17, 15) is 14.0 Å². The lowest BCUT2D eigenvalue weighted by molar-refractivity contribution is -0.137. The molecular weight excluding hydrogens is 265 g/mol. The molecule has 0 heterocycles. The summed E-state index contributed by atoms with van der Waals surface area (Å²) in [6.07, 6.45) is 2.14. The van der Waals surface area contributed by atoms with E-state index in [4.69, 9.17) is 9.84 Å². The molecule has 0 bridgehead atoms. The highest BCUT2D eigenvalue weighted by atomic mass is 19.1. The van der Waals surface area contributed by atoms with Gasteiger partial charge in [-0.25, -0.2) is 4.39 Å². The summed E-state index contributed by atoms with van der Waals surface area (Å²) in [4.78, 5) is 22.0. The Balaban J connectivity index is 2.32. The van der Waals surface area contributed by atoms with Gasteiger partial charge in [-0.3, -0.25) is 9.59 Å². The van der Waals surface area contributed by atoms with Gasteiger partial charge in [0, 0.05) is 18.5 Å². The summed E-state index contributed by atoms with van der Waals surface area (Å²) in [7, 11) is 1.36. The lowest BCUT2D eigenvalue weighted by Crippen LogP contribution is -2.24. The van der Waals surface area contributed by atoms with Gasteiger partial charge in [0.2, 0.25) is 0 Å². The maximum absolute atomic E-state index is 13.4. The summed E-state index contributed by atoms with van der Waals surface area (Å²) >= 11 is 0. The number of ether oxygens (including phenoxy) is 1. The highest BCUT2D eigenvalue weighted by Crippen LogP contribution is 2.17. The van der Waals surface area contributed by atoms with Crippen molar-refractivity contribution < 1.29 is 23.8 Å². The Morgan fingerprint density at radius 3 is 2.65 bits per heavy atom. The minimum atomic E-state index is -0.817. The fourth-order valence-electron chi connectivity index (χ4n) is 1.69. The highest BCUT2D eigenvalue weighted by molar-refractivity contribution is 5.94. The summed E-state index contributed by atoms with van der Waals surface area (Å²) in [6.45, 7) is 0.437. The second-order valence-electron chi connectivity index (χ2n) is 4.31. The van der Waals surface area contributed by atoms with Gasteiger partial charge < -0.3 is 15.2 Å². The maximum atomic E-state index is 13.4. The Morgan fingerprint density at radius 2 is 2.05 bits per heavy atom. The van der Waals surface area contributed by atoms with Gasteiger partial charge in [0.25, 0.3) is 5.91 Å². The standard InChI is InChI=1S/C14H18FNO4/c1-20-12-7-6-10(9-11(12)15)14(19)16-8-4-2-3-5-13(17)18/h6-7,9H,2-5,8H2,1H3,(H,16,19)(H,17,18). The molecular formula is C14H18FNO4. The molecule has 5 nitrogen and oxygen atoms in total. The van der Waals surface area contributed by atoms with E-state index < -0.39 is 11.8 Å². The normalized spacial score (nSPS) is 10.1. The average molecular weight is 283 g/mol. The lowest BCUT2D eigenvalue weighted by atomic mass is 10.1. The number of carbonyl (C=O) groups excluding carboxylic acids is 1. The van der Waals surface area contributed by atoms with Crippen molar-refractivity contribution in [3.63, 3.8) is 0 Å². The molecule has 0 saturated carbocycles. The first kappa shape index (κ1) is 15.9. The zero-order valence-corrected chi connectivity index (χ0v) is 11.3. The third-order valence-corrected chi connectivity index (χ3v) is 2.77. The molecule has 20 heavy (non-hydrogen) atoms. The van der Waals surface area contributed by atoms with Crippen LogP contribution in [-0.2, 0) is 4.79 Å². The SMILES string of the molecule is COc1ccc(C(=O)NCCCCCC(=O)O)cc1F. The van der Waals surface area contributed by atoms with E-state index in [1.807, 2.05) is 0 Å². The van der Waals surface area contributed by atoms with Crippen LogP contribution in [0.4, 0.5) is 4.39 Å². The number of methoxy groups -OCH3 is 1. The zero-order valence-electron chi connectivity index (χ0n) is 11.3. The van der Waals surface area contributed by atoms with Gasteiger partial charge in [-0.1, -0.05) is 6.42 Å². The molecule has 6 heteroatoms. The number of nitrogens with one attached hydrogen (secondary N) is 1. The van der Waals surface area contributed by atoms with Gasteiger partial charge in [-0.2, -0.15) is 0 Å². The fourth-order valence-corrected chi connectivity index (χ4v) is 1.69. The lowest BCUT2D eigenvalue weighted by Gasteiger charge is -2.06. The number of amides is 1. The van der Waals surface area contributed by atoms with Gasteiger partial charge in [-0.05, 0) is 31.0 Å². The van der Waals surface area contributed by atoms with E-state index in [1.165, 1.54) is 19.2 Å². The second-order valence-corrected chi connectivity index (χ2v) is 4.31. The van der Waals surface area contributed by atoms with E-state index in [0.29, 0.717) is 19.4 Å². The number of carboxylic acid groups (broad SMARTS) is 1. The summed E-state index contributed by atoms with van der Waals surface area (Å²) in [5.74, 6) is -1.66. The van der Waals surface area contributed by atoms with Crippen molar-refractivity contribution in [2.24, 2.45) is 0 Å². The minimum absolute atomic E-state index is 0.0928. The molecule has 110 valence electrons. The van der Waals surface area contributed by atoms with Gasteiger partial charge in [0.05, 0.1) is 7.11 Å². The van der Waals surface area contributed by atoms with Crippen LogP contribution >= 0.6 is 0 Å². The van der Waals surface area contributed by atoms with E-state index in [1.54, 1.807) is 0 Å². The number of unbranched alkanes of at least 4 members (excludes halogenated alkanes) is 2. The highest BCUT2D eigenvalue weighted by Gasteiger charge is 2.09. The second kappa shape index (κ2) is 8.14. The van der Waals surface area contributed by atoms with Gasteiger partial charge in [0.15, 0.2) is 11.6 Å². The van der Waals surface area contributed by atoms with Gasteiger partial charge in [0.1, 0.15) is 0 Å². The summed E-state index contributed by atoms with van der Waals surface area (Å²) in [5.41, 5.74) is 0.230. The summed E-state index contributed by atoms with van der Waals surface area (Å²) < 4.78 is 18.2. The number of benzene rings is 1. The van der Waals surface area contributed by atoms with Crippen LogP contribution in [0, 0.1) is 5.82 Å². The molecule has 0 saturated heterocycles. The smallest absolute Gasteiger partial charge is 0.303 e. The first-order valence-corrected chi connectivity index (χ1v) is 6.38. The molecule has 0 aliphatic heterocycles. The van der Waals surface area contributed by atoms with Crippen molar-refractivity contribution in [3.05, 3.63) is 29.6 Å². The largest absolute Gasteiger partial charge is 0.494 e. The Labute approximate surface area is 116 Å². The van der Waals surface area contributed by atoms with Crippen LogP contribution in [0.3, 0.4) is 0 Å². The number of hydrogen-bond donors (Lipinski definition) is 2.